The van der Waals surface area contributed by atoms with Crippen LogP contribution in [-0.4, -0.2) is 19.3 Å². The summed E-state index contributed by atoms with van der Waals surface area (Å²) in [4.78, 5) is 0. The van der Waals surface area contributed by atoms with Gasteiger partial charge in [0.2, 0.25) is 0 Å². The van der Waals surface area contributed by atoms with Crippen molar-refractivity contribution in [3.8, 4) is 17.1 Å². The lowest BCUT2D eigenvalue weighted by Crippen LogP contribution is -2.16. The highest BCUT2D eigenvalue weighted by Crippen LogP contribution is 2.33. The van der Waals surface area contributed by atoms with Crippen molar-refractivity contribution in [2.24, 2.45) is 0 Å². The molecule has 3 nitrogen and oxygen atoms in total. The predicted molar refractivity (Wildman–Crippen MR) is 68.6 cm³/mol. The third-order valence-electron chi connectivity index (χ3n) is 3.19. The first-order chi connectivity index (χ1) is 9.34. The molecule has 19 heavy (non-hydrogen) atoms. The van der Waals surface area contributed by atoms with Gasteiger partial charge < -0.3 is 13.9 Å². The molecule has 1 aliphatic heterocycles. The second-order valence-electron chi connectivity index (χ2n) is 4.54. The van der Waals surface area contributed by atoms with E-state index in [0.29, 0.717) is 23.7 Å². The van der Waals surface area contributed by atoms with Gasteiger partial charge in [-0.3, -0.25) is 0 Å². The highest BCUT2D eigenvalue weighted by molar-refractivity contribution is 5.66. The van der Waals surface area contributed by atoms with Crippen molar-refractivity contribution in [3.63, 3.8) is 0 Å². The Hall–Kier alpha value is -1.81. The SMILES string of the molecule is Fc1cccc(OCC2CCCO2)c1-c1ccco1. The lowest BCUT2D eigenvalue weighted by atomic mass is 10.1. The Balaban J connectivity index is 1.82. The predicted octanol–water partition coefficient (Wildman–Crippen LogP) is 3.64. The maximum atomic E-state index is 13.9. The molecule has 1 aliphatic rings. The number of hydrogen-bond donors (Lipinski definition) is 0. The first kappa shape index (κ1) is 12.2. The van der Waals surface area contributed by atoms with Gasteiger partial charge in [-0.25, -0.2) is 4.39 Å². The second-order valence-corrected chi connectivity index (χ2v) is 4.54. The molecule has 2 aromatic rings. The molecule has 1 fully saturated rings. The molecule has 0 N–H and O–H groups in total. The van der Waals surface area contributed by atoms with E-state index in [-0.39, 0.29) is 11.9 Å². The van der Waals surface area contributed by atoms with Gasteiger partial charge in [0.25, 0.3) is 0 Å². The van der Waals surface area contributed by atoms with Crippen LogP contribution in [0.4, 0.5) is 4.39 Å². The molecule has 1 saturated heterocycles. The summed E-state index contributed by atoms with van der Waals surface area (Å²) in [6.45, 7) is 1.22. The molecule has 0 amide bonds. The van der Waals surface area contributed by atoms with Crippen molar-refractivity contribution < 1.29 is 18.3 Å². The van der Waals surface area contributed by atoms with Gasteiger partial charge in [0, 0.05) is 6.61 Å². The molecule has 0 bridgehead atoms. The fraction of sp³-hybridized carbons (Fsp3) is 0.333. The van der Waals surface area contributed by atoms with Crippen LogP contribution in [0.25, 0.3) is 11.3 Å². The Labute approximate surface area is 110 Å². The van der Waals surface area contributed by atoms with Crippen LogP contribution in [-0.2, 0) is 4.74 Å². The Morgan fingerprint density at radius 2 is 2.21 bits per heavy atom. The van der Waals surface area contributed by atoms with Crippen LogP contribution in [0.2, 0.25) is 0 Å². The van der Waals surface area contributed by atoms with Crippen LogP contribution in [0.15, 0.2) is 41.0 Å². The molecule has 100 valence electrons. The molecular formula is C15H15FO3. The Bertz CT molecular complexity index is 530. The fourth-order valence-corrected chi connectivity index (χ4v) is 2.24. The summed E-state index contributed by atoms with van der Waals surface area (Å²) in [5.74, 6) is 0.616. The molecule has 0 aliphatic carbocycles. The van der Waals surface area contributed by atoms with Gasteiger partial charge in [-0.15, -0.1) is 0 Å². The summed E-state index contributed by atoms with van der Waals surface area (Å²) in [5, 5.41) is 0. The molecular weight excluding hydrogens is 247 g/mol. The Morgan fingerprint density at radius 3 is 2.95 bits per heavy atom. The summed E-state index contributed by atoms with van der Waals surface area (Å²) in [6.07, 6.45) is 3.67. The summed E-state index contributed by atoms with van der Waals surface area (Å²) < 4.78 is 30.4. The quantitative estimate of drug-likeness (QED) is 0.843. The third-order valence-corrected chi connectivity index (χ3v) is 3.19. The number of furan rings is 1. The molecule has 0 spiro atoms. The van der Waals surface area contributed by atoms with Crippen LogP contribution in [0.1, 0.15) is 12.8 Å². The van der Waals surface area contributed by atoms with Crippen molar-refractivity contribution in [2.75, 3.05) is 13.2 Å². The van der Waals surface area contributed by atoms with Crippen molar-refractivity contribution in [3.05, 3.63) is 42.4 Å². The minimum absolute atomic E-state index is 0.104. The standard InChI is InChI=1S/C15H15FO3/c16-12-5-1-6-14(15(12)13-7-3-9-18-13)19-10-11-4-2-8-17-11/h1,3,5-7,9,11H,2,4,8,10H2. The monoisotopic (exact) mass is 262 g/mol. The third kappa shape index (κ3) is 2.63. The molecule has 3 rings (SSSR count). The zero-order valence-electron chi connectivity index (χ0n) is 10.5. The van der Waals surface area contributed by atoms with E-state index in [4.69, 9.17) is 13.9 Å². The molecule has 4 heteroatoms. The number of rotatable bonds is 4. The van der Waals surface area contributed by atoms with E-state index in [2.05, 4.69) is 0 Å². The largest absolute Gasteiger partial charge is 0.490 e. The minimum Gasteiger partial charge on any atom is -0.490 e. The van der Waals surface area contributed by atoms with E-state index in [0.717, 1.165) is 19.4 Å². The van der Waals surface area contributed by atoms with Crippen molar-refractivity contribution in [2.45, 2.75) is 18.9 Å². The summed E-state index contributed by atoms with van der Waals surface area (Å²) in [6, 6.07) is 8.22. The van der Waals surface area contributed by atoms with E-state index in [1.165, 1.54) is 12.3 Å². The Morgan fingerprint density at radius 1 is 1.26 bits per heavy atom. The molecule has 0 radical (unpaired) electrons. The molecule has 2 heterocycles. The number of benzene rings is 1. The lowest BCUT2D eigenvalue weighted by Gasteiger charge is -2.14. The van der Waals surface area contributed by atoms with Crippen molar-refractivity contribution >= 4 is 0 Å². The highest BCUT2D eigenvalue weighted by Gasteiger charge is 2.19. The molecule has 1 aromatic carbocycles. The number of ether oxygens (including phenoxy) is 2. The van der Waals surface area contributed by atoms with Gasteiger partial charge in [-0.05, 0) is 37.1 Å². The van der Waals surface area contributed by atoms with E-state index in [1.54, 1.807) is 24.3 Å². The first-order valence-electron chi connectivity index (χ1n) is 6.41. The lowest BCUT2D eigenvalue weighted by molar-refractivity contribution is 0.0680. The van der Waals surface area contributed by atoms with Crippen LogP contribution >= 0.6 is 0 Å². The fourth-order valence-electron chi connectivity index (χ4n) is 2.24. The molecule has 0 saturated carbocycles. The van der Waals surface area contributed by atoms with Gasteiger partial charge in [0.15, 0.2) is 0 Å². The smallest absolute Gasteiger partial charge is 0.140 e. The minimum atomic E-state index is -0.347. The van der Waals surface area contributed by atoms with E-state index < -0.39 is 0 Å². The summed E-state index contributed by atoms with van der Waals surface area (Å²) >= 11 is 0. The molecule has 1 unspecified atom stereocenters. The van der Waals surface area contributed by atoms with Crippen LogP contribution in [0.5, 0.6) is 5.75 Å². The normalized spacial score (nSPS) is 18.7. The van der Waals surface area contributed by atoms with Crippen LogP contribution < -0.4 is 4.74 Å². The average molecular weight is 262 g/mol. The van der Waals surface area contributed by atoms with Gasteiger partial charge in [0.1, 0.15) is 23.9 Å². The highest BCUT2D eigenvalue weighted by atomic mass is 19.1. The maximum Gasteiger partial charge on any atom is 0.140 e. The first-order valence-corrected chi connectivity index (χ1v) is 6.41. The summed E-state index contributed by atoms with van der Waals surface area (Å²) in [5.41, 5.74) is 0.366. The van der Waals surface area contributed by atoms with Gasteiger partial charge in [0.05, 0.1) is 17.9 Å². The molecule has 1 atom stereocenters. The van der Waals surface area contributed by atoms with Crippen molar-refractivity contribution in [1.29, 1.82) is 0 Å². The van der Waals surface area contributed by atoms with E-state index in [9.17, 15) is 4.39 Å². The van der Waals surface area contributed by atoms with Gasteiger partial charge in [-0.2, -0.15) is 0 Å². The zero-order chi connectivity index (χ0) is 13.1. The maximum absolute atomic E-state index is 13.9. The topological polar surface area (TPSA) is 31.6 Å². The summed E-state index contributed by atoms with van der Waals surface area (Å²) in [7, 11) is 0. The van der Waals surface area contributed by atoms with Crippen LogP contribution in [0, 0.1) is 5.82 Å². The van der Waals surface area contributed by atoms with Crippen molar-refractivity contribution in [1.82, 2.24) is 0 Å². The average Bonchev–Trinajstić information content (AvgIpc) is 3.09. The second kappa shape index (κ2) is 5.45. The van der Waals surface area contributed by atoms with Gasteiger partial charge >= 0.3 is 0 Å². The van der Waals surface area contributed by atoms with E-state index >= 15 is 0 Å². The number of halogens is 1. The number of hydrogen-bond acceptors (Lipinski definition) is 3. The zero-order valence-corrected chi connectivity index (χ0v) is 10.5. The van der Waals surface area contributed by atoms with E-state index in [1.807, 2.05) is 0 Å². The van der Waals surface area contributed by atoms with Gasteiger partial charge in [-0.1, -0.05) is 6.07 Å². The van der Waals surface area contributed by atoms with Crippen LogP contribution in [0.3, 0.4) is 0 Å². The Kier molecular flexibility index (Phi) is 3.51. The molecule has 1 aromatic heterocycles.